The van der Waals surface area contributed by atoms with Gasteiger partial charge in [-0.1, -0.05) is 6.07 Å². The molecular formula is C25H26F2N6O3. The normalized spacial score (nSPS) is 14.3. The van der Waals surface area contributed by atoms with Gasteiger partial charge in [0.05, 0.1) is 42.9 Å². The lowest BCUT2D eigenvalue weighted by Crippen LogP contribution is -2.38. The third-order valence-electron chi connectivity index (χ3n) is 6.08. The fourth-order valence-corrected chi connectivity index (χ4v) is 4.17. The van der Waals surface area contributed by atoms with Crippen LogP contribution in [0.25, 0.3) is 5.65 Å². The first-order valence-corrected chi connectivity index (χ1v) is 11.7. The molecule has 1 amide bonds. The van der Waals surface area contributed by atoms with Crippen molar-refractivity contribution in [2.75, 3.05) is 38.2 Å². The van der Waals surface area contributed by atoms with Crippen molar-refractivity contribution in [3.05, 3.63) is 77.5 Å². The highest BCUT2D eigenvalue weighted by molar-refractivity contribution is 6.04. The summed E-state index contributed by atoms with van der Waals surface area (Å²) in [6, 6.07) is 6.97. The van der Waals surface area contributed by atoms with Gasteiger partial charge in [0.15, 0.2) is 11.4 Å². The number of nitrogens with one attached hydrogen (secondary N) is 1. The van der Waals surface area contributed by atoms with E-state index >= 15 is 0 Å². The number of aromatic nitrogens is 4. The molecule has 9 nitrogen and oxygen atoms in total. The van der Waals surface area contributed by atoms with Crippen LogP contribution in [0.15, 0.2) is 48.9 Å². The number of benzene rings is 1. The number of hydrogen-bond donors (Lipinski definition) is 1. The lowest BCUT2D eigenvalue weighted by Gasteiger charge is -2.26. The molecule has 1 saturated heterocycles. The van der Waals surface area contributed by atoms with Crippen LogP contribution in [0.4, 0.5) is 14.5 Å². The van der Waals surface area contributed by atoms with Gasteiger partial charge in [0.2, 0.25) is 0 Å². The van der Waals surface area contributed by atoms with Crippen molar-refractivity contribution in [2.24, 2.45) is 0 Å². The summed E-state index contributed by atoms with van der Waals surface area (Å²) >= 11 is 0. The zero-order valence-corrected chi connectivity index (χ0v) is 19.8. The Morgan fingerprint density at radius 2 is 1.92 bits per heavy atom. The van der Waals surface area contributed by atoms with Gasteiger partial charge in [-0.15, -0.1) is 0 Å². The molecule has 1 aromatic carbocycles. The van der Waals surface area contributed by atoms with Gasteiger partial charge >= 0.3 is 0 Å². The molecule has 0 aliphatic carbocycles. The van der Waals surface area contributed by atoms with Gasteiger partial charge in [-0.05, 0) is 31.2 Å². The van der Waals surface area contributed by atoms with Crippen LogP contribution in [0.3, 0.4) is 0 Å². The number of halogens is 2. The third-order valence-corrected chi connectivity index (χ3v) is 6.08. The summed E-state index contributed by atoms with van der Waals surface area (Å²) in [5, 5.41) is 7.21. The molecule has 0 atom stereocenters. The molecule has 0 spiro atoms. The molecule has 4 heterocycles. The van der Waals surface area contributed by atoms with Crippen LogP contribution in [-0.2, 0) is 17.9 Å². The van der Waals surface area contributed by atoms with E-state index < -0.39 is 11.6 Å². The van der Waals surface area contributed by atoms with E-state index in [2.05, 4.69) is 20.3 Å². The second-order valence-electron chi connectivity index (χ2n) is 8.50. The maximum atomic E-state index is 14.0. The molecule has 4 aromatic rings. The Morgan fingerprint density at radius 3 is 2.69 bits per heavy atom. The SMILES string of the molecule is Cc1nc2c(OCc3c(F)cccc3F)cccn2c1C(=O)Nc1cnn(CCN2CCOCC2)c1. The predicted molar refractivity (Wildman–Crippen MR) is 128 cm³/mol. The van der Waals surface area contributed by atoms with Crippen molar-refractivity contribution >= 4 is 17.2 Å². The summed E-state index contributed by atoms with van der Waals surface area (Å²) in [6.07, 6.45) is 5.08. The van der Waals surface area contributed by atoms with Gasteiger partial charge in [0, 0.05) is 32.0 Å². The molecule has 36 heavy (non-hydrogen) atoms. The number of carbonyl (C=O) groups is 1. The van der Waals surface area contributed by atoms with E-state index in [1.165, 1.54) is 18.2 Å². The number of rotatable bonds is 8. The highest BCUT2D eigenvalue weighted by atomic mass is 19.1. The molecule has 0 saturated carbocycles. The van der Waals surface area contributed by atoms with Crippen LogP contribution in [0.5, 0.6) is 5.75 Å². The van der Waals surface area contributed by atoms with Crippen molar-refractivity contribution in [1.82, 2.24) is 24.1 Å². The molecule has 1 N–H and O–H groups in total. The van der Waals surface area contributed by atoms with Crippen LogP contribution < -0.4 is 10.1 Å². The Labute approximate surface area is 206 Å². The highest BCUT2D eigenvalue weighted by Gasteiger charge is 2.20. The van der Waals surface area contributed by atoms with Crippen molar-refractivity contribution < 1.29 is 23.0 Å². The molecular weight excluding hydrogens is 470 g/mol. The number of nitrogens with zero attached hydrogens (tertiary/aromatic N) is 5. The molecule has 0 radical (unpaired) electrons. The zero-order chi connectivity index (χ0) is 25.1. The van der Waals surface area contributed by atoms with Gasteiger partial charge in [-0.2, -0.15) is 5.10 Å². The monoisotopic (exact) mass is 496 g/mol. The lowest BCUT2D eigenvalue weighted by atomic mass is 10.2. The summed E-state index contributed by atoms with van der Waals surface area (Å²) in [5.41, 5.74) is 1.58. The average molecular weight is 497 g/mol. The molecule has 11 heteroatoms. The van der Waals surface area contributed by atoms with E-state index in [0.29, 0.717) is 35.0 Å². The first-order chi connectivity index (χ1) is 17.5. The van der Waals surface area contributed by atoms with Gasteiger partial charge in [0.1, 0.15) is 23.9 Å². The minimum absolute atomic E-state index is 0.175. The smallest absolute Gasteiger partial charge is 0.274 e. The molecule has 5 rings (SSSR count). The number of aryl methyl sites for hydroxylation is 1. The zero-order valence-electron chi connectivity index (χ0n) is 19.8. The second kappa shape index (κ2) is 10.4. The number of carbonyl (C=O) groups excluding carboxylic acids is 1. The number of imidazole rings is 1. The average Bonchev–Trinajstić information content (AvgIpc) is 3.46. The van der Waals surface area contributed by atoms with Crippen molar-refractivity contribution in [2.45, 2.75) is 20.1 Å². The summed E-state index contributed by atoms with van der Waals surface area (Å²) < 4.78 is 42.4. The van der Waals surface area contributed by atoms with Gasteiger partial charge in [-0.25, -0.2) is 13.8 Å². The number of ether oxygens (including phenoxy) is 2. The molecule has 1 aliphatic rings. The Hall–Kier alpha value is -3.83. The summed E-state index contributed by atoms with van der Waals surface area (Å²) in [4.78, 5) is 19.9. The van der Waals surface area contributed by atoms with Gasteiger partial charge in [0.25, 0.3) is 5.91 Å². The van der Waals surface area contributed by atoms with E-state index in [-0.39, 0.29) is 18.1 Å². The summed E-state index contributed by atoms with van der Waals surface area (Å²) in [6.45, 7) is 6.25. The lowest BCUT2D eigenvalue weighted by molar-refractivity contribution is 0.0360. The number of amides is 1. The fraction of sp³-hybridized carbons (Fsp3) is 0.320. The molecule has 1 fully saturated rings. The van der Waals surface area contributed by atoms with Crippen molar-refractivity contribution in [3.8, 4) is 5.75 Å². The van der Waals surface area contributed by atoms with Crippen LogP contribution in [0, 0.1) is 18.6 Å². The Balaban J connectivity index is 1.29. The number of morpholine rings is 1. The Morgan fingerprint density at radius 1 is 1.14 bits per heavy atom. The molecule has 0 bridgehead atoms. The first-order valence-electron chi connectivity index (χ1n) is 11.7. The number of hydrogen-bond acceptors (Lipinski definition) is 6. The van der Waals surface area contributed by atoms with Gasteiger partial charge < -0.3 is 14.8 Å². The van der Waals surface area contributed by atoms with Crippen LogP contribution >= 0.6 is 0 Å². The van der Waals surface area contributed by atoms with Crippen LogP contribution in [0.1, 0.15) is 21.7 Å². The molecule has 188 valence electrons. The van der Waals surface area contributed by atoms with E-state index in [0.717, 1.165) is 32.8 Å². The maximum Gasteiger partial charge on any atom is 0.274 e. The van der Waals surface area contributed by atoms with Crippen molar-refractivity contribution in [1.29, 1.82) is 0 Å². The first kappa shape index (κ1) is 23.9. The van der Waals surface area contributed by atoms with E-state index in [1.54, 1.807) is 46.7 Å². The van der Waals surface area contributed by atoms with Crippen LogP contribution in [-0.4, -0.2) is 62.8 Å². The van der Waals surface area contributed by atoms with Gasteiger partial charge in [-0.3, -0.25) is 18.8 Å². The second-order valence-corrected chi connectivity index (χ2v) is 8.50. The van der Waals surface area contributed by atoms with E-state index in [9.17, 15) is 13.6 Å². The highest BCUT2D eigenvalue weighted by Crippen LogP contribution is 2.24. The number of anilines is 1. The van der Waals surface area contributed by atoms with Crippen molar-refractivity contribution in [3.63, 3.8) is 0 Å². The van der Waals surface area contributed by atoms with E-state index in [1.807, 2.05) is 0 Å². The summed E-state index contributed by atoms with van der Waals surface area (Å²) in [5.74, 6) is -1.43. The quantitative estimate of drug-likeness (QED) is 0.403. The minimum Gasteiger partial charge on any atom is -0.485 e. The Bertz CT molecular complexity index is 1360. The van der Waals surface area contributed by atoms with Crippen LogP contribution in [0.2, 0.25) is 0 Å². The Kier molecular flexibility index (Phi) is 6.92. The molecule has 0 unspecified atom stereocenters. The third kappa shape index (κ3) is 5.07. The standard InChI is InChI=1S/C25H26F2N6O3/c1-17-23(25(34)30-18-14-28-32(15-18)9-8-31-10-12-35-13-11-31)33-7-3-6-22(24(33)29-17)36-16-19-20(26)4-2-5-21(19)27/h2-7,14-15H,8-13,16H2,1H3,(H,30,34). The minimum atomic E-state index is -0.688. The summed E-state index contributed by atoms with van der Waals surface area (Å²) in [7, 11) is 0. The topological polar surface area (TPSA) is 85.9 Å². The number of pyridine rings is 1. The molecule has 3 aromatic heterocycles. The largest absolute Gasteiger partial charge is 0.485 e. The van der Waals surface area contributed by atoms with E-state index in [4.69, 9.17) is 9.47 Å². The molecule has 1 aliphatic heterocycles. The maximum absolute atomic E-state index is 14.0. The fourth-order valence-electron chi connectivity index (χ4n) is 4.17. The predicted octanol–water partition coefficient (Wildman–Crippen LogP) is 3.28. The number of fused-ring (bicyclic) bond motifs is 1.